The second kappa shape index (κ2) is 6.95. The van der Waals surface area contributed by atoms with Crippen molar-refractivity contribution in [1.29, 1.82) is 0 Å². The number of benzene rings is 1. The number of rotatable bonds is 4. The summed E-state index contributed by atoms with van der Waals surface area (Å²) >= 11 is 0. The molecule has 1 aromatic rings. The van der Waals surface area contributed by atoms with Gasteiger partial charge in [-0.25, -0.2) is 13.1 Å². The van der Waals surface area contributed by atoms with Gasteiger partial charge in [-0.1, -0.05) is 12.1 Å². The Labute approximate surface area is 126 Å². The Bertz CT molecular complexity index is 597. The second-order valence-electron chi connectivity index (χ2n) is 4.99. The lowest BCUT2D eigenvalue weighted by molar-refractivity contribution is -0.139. The van der Waals surface area contributed by atoms with E-state index >= 15 is 0 Å². The molecule has 1 atom stereocenters. The Morgan fingerprint density at radius 2 is 2.05 bits per heavy atom. The smallest absolute Gasteiger partial charge is 0.380 e. The van der Waals surface area contributed by atoms with E-state index in [-0.39, 0.29) is 12.5 Å². The Morgan fingerprint density at radius 3 is 2.77 bits per heavy atom. The molecule has 0 saturated carbocycles. The first kappa shape index (κ1) is 17.2. The lowest BCUT2D eigenvalue weighted by atomic mass is 10.2. The standard InChI is InChI=1S/C13H17F3N2O3S/c14-13(15,16)11-3-1-2-4-12(11)22(19,20)18-8-10-7-17-5-6-21-9-10/h1-4,10,17-18H,5-9H2/t10-/m1/s1. The molecule has 0 radical (unpaired) electrons. The quantitative estimate of drug-likeness (QED) is 0.866. The Hall–Kier alpha value is -1.16. The van der Waals surface area contributed by atoms with Gasteiger partial charge in [0.15, 0.2) is 0 Å². The van der Waals surface area contributed by atoms with Gasteiger partial charge >= 0.3 is 6.18 Å². The van der Waals surface area contributed by atoms with Gasteiger partial charge in [0.05, 0.1) is 23.7 Å². The Morgan fingerprint density at radius 1 is 1.32 bits per heavy atom. The SMILES string of the molecule is O=S(=O)(NC[C@H]1CNCCOC1)c1ccccc1C(F)(F)F. The second-order valence-corrected chi connectivity index (χ2v) is 6.73. The molecule has 1 fully saturated rings. The molecule has 1 saturated heterocycles. The van der Waals surface area contributed by atoms with E-state index in [1.807, 2.05) is 0 Å². The van der Waals surface area contributed by atoms with Gasteiger partial charge in [-0.15, -0.1) is 0 Å². The summed E-state index contributed by atoms with van der Waals surface area (Å²) in [5, 5.41) is 3.07. The highest BCUT2D eigenvalue weighted by Crippen LogP contribution is 2.33. The number of ether oxygens (including phenoxy) is 1. The van der Waals surface area contributed by atoms with Crippen LogP contribution in [0.5, 0.6) is 0 Å². The van der Waals surface area contributed by atoms with Crippen molar-refractivity contribution >= 4 is 10.0 Å². The highest BCUT2D eigenvalue weighted by atomic mass is 32.2. The molecule has 1 aliphatic rings. The fourth-order valence-corrected chi connectivity index (χ4v) is 3.47. The van der Waals surface area contributed by atoms with Crippen molar-refractivity contribution in [2.45, 2.75) is 11.1 Å². The fraction of sp³-hybridized carbons (Fsp3) is 0.538. The summed E-state index contributed by atoms with van der Waals surface area (Å²) in [6.45, 7) is 2.11. The molecule has 124 valence electrons. The minimum atomic E-state index is -4.72. The molecule has 9 heteroatoms. The van der Waals surface area contributed by atoms with Crippen LogP contribution in [-0.2, 0) is 20.9 Å². The highest BCUT2D eigenvalue weighted by molar-refractivity contribution is 7.89. The number of hydrogen-bond donors (Lipinski definition) is 2. The van der Waals surface area contributed by atoms with Crippen molar-refractivity contribution in [3.05, 3.63) is 29.8 Å². The first-order chi connectivity index (χ1) is 10.3. The van der Waals surface area contributed by atoms with Crippen LogP contribution in [0, 0.1) is 5.92 Å². The molecule has 0 bridgehead atoms. The number of sulfonamides is 1. The summed E-state index contributed by atoms with van der Waals surface area (Å²) in [5.74, 6) is -0.129. The average molecular weight is 338 g/mol. The molecule has 0 unspecified atom stereocenters. The van der Waals surface area contributed by atoms with Crippen LogP contribution in [0.2, 0.25) is 0 Å². The maximum absolute atomic E-state index is 12.9. The third-order valence-electron chi connectivity index (χ3n) is 3.25. The monoisotopic (exact) mass is 338 g/mol. The van der Waals surface area contributed by atoms with Gasteiger partial charge in [-0.3, -0.25) is 0 Å². The average Bonchev–Trinajstić information content (AvgIpc) is 2.73. The predicted molar refractivity (Wildman–Crippen MR) is 73.8 cm³/mol. The van der Waals surface area contributed by atoms with Gasteiger partial charge < -0.3 is 10.1 Å². The van der Waals surface area contributed by atoms with Crippen LogP contribution in [0.15, 0.2) is 29.2 Å². The largest absolute Gasteiger partial charge is 0.417 e. The molecular weight excluding hydrogens is 321 g/mol. The van der Waals surface area contributed by atoms with Crippen LogP contribution >= 0.6 is 0 Å². The minimum Gasteiger partial charge on any atom is -0.380 e. The van der Waals surface area contributed by atoms with Gasteiger partial charge in [0.2, 0.25) is 10.0 Å². The van der Waals surface area contributed by atoms with Crippen molar-refractivity contribution < 1.29 is 26.3 Å². The van der Waals surface area contributed by atoms with E-state index in [0.29, 0.717) is 26.3 Å². The van der Waals surface area contributed by atoms with Crippen molar-refractivity contribution in [3.63, 3.8) is 0 Å². The van der Waals surface area contributed by atoms with Crippen LogP contribution < -0.4 is 10.0 Å². The molecule has 0 spiro atoms. The van der Waals surface area contributed by atoms with Gasteiger partial charge in [0.1, 0.15) is 0 Å². The summed E-state index contributed by atoms with van der Waals surface area (Å²) in [6, 6.07) is 4.13. The zero-order valence-electron chi connectivity index (χ0n) is 11.7. The van der Waals surface area contributed by atoms with E-state index in [2.05, 4.69) is 10.0 Å². The molecule has 2 rings (SSSR count). The molecule has 1 aliphatic heterocycles. The molecule has 0 aliphatic carbocycles. The first-order valence-electron chi connectivity index (χ1n) is 6.75. The van der Waals surface area contributed by atoms with Gasteiger partial charge in [-0.2, -0.15) is 13.2 Å². The minimum absolute atomic E-state index is 0.0154. The highest BCUT2D eigenvalue weighted by Gasteiger charge is 2.36. The third-order valence-corrected chi connectivity index (χ3v) is 4.74. The maximum Gasteiger partial charge on any atom is 0.417 e. The number of alkyl halides is 3. The topological polar surface area (TPSA) is 67.4 Å². The molecule has 0 amide bonds. The first-order valence-corrected chi connectivity index (χ1v) is 8.23. The molecule has 1 aromatic carbocycles. The van der Waals surface area contributed by atoms with E-state index in [1.54, 1.807) is 0 Å². The van der Waals surface area contributed by atoms with Crippen molar-refractivity contribution in [3.8, 4) is 0 Å². The van der Waals surface area contributed by atoms with Crippen molar-refractivity contribution in [2.24, 2.45) is 5.92 Å². The summed E-state index contributed by atoms with van der Waals surface area (Å²) in [6.07, 6.45) is -4.72. The summed E-state index contributed by atoms with van der Waals surface area (Å²) in [7, 11) is -4.24. The molecular formula is C13H17F3N2O3S. The Kier molecular flexibility index (Phi) is 5.43. The van der Waals surface area contributed by atoms with Crippen LogP contribution in [0.4, 0.5) is 13.2 Å². The number of halogens is 3. The lowest BCUT2D eigenvalue weighted by Crippen LogP contribution is -2.35. The predicted octanol–water partition coefficient (Wildman–Crippen LogP) is 1.22. The zero-order valence-corrected chi connectivity index (χ0v) is 12.5. The number of hydrogen-bond acceptors (Lipinski definition) is 4. The van der Waals surface area contributed by atoms with Crippen LogP contribution in [0.1, 0.15) is 5.56 Å². The molecule has 22 heavy (non-hydrogen) atoms. The van der Waals surface area contributed by atoms with Gasteiger partial charge in [-0.05, 0) is 12.1 Å². The molecule has 2 N–H and O–H groups in total. The number of nitrogens with one attached hydrogen (secondary N) is 2. The summed E-state index contributed by atoms with van der Waals surface area (Å²) in [4.78, 5) is -0.759. The molecule has 0 aromatic heterocycles. The van der Waals surface area contributed by atoms with E-state index in [4.69, 9.17) is 4.74 Å². The van der Waals surface area contributed by atoms with Crippen LogP contribution in [0.25, 0.3) is 0 Å². The molecule has 1 heterocycles. The van der Waals surface area contributed by atoms with E-state index in [9.17, 15) is 21.6 Å². The summed E-state index contributed by atoms with van der Waals surface area (Å²) < 4.78 is 70.5. The zero-order chi connectivity index (χ0) is 16.2. The molecule has 5 nitrogen and oxygen atoms in total. The van der Waals surface area contributed by atoms with Crippen molar-refractivity contribution in [1.82, 2.24) is 10.0 Å². The fourth-order valence-electron chi connectivity index (χ4n) is 2.13. The normalized spacial score (nSPS) is 20.6. The van der Waals surface area contributed by atoms with Crippen LogP contribution in [-0.4, -0.2) is 41.3 Å². The van der Waals surface area contributed by atoms with Gasteiger partial charge in [0.25, 0.3) is 0 Å². The summed E-state index contributed by atoms with van der Waals surface area (Å²) in [5.41, 5.74) is -1.17. The van der Waals surface area contributed by atoms with Gasteiger partial charge in [0, 0.05) is 25.6 Å². The third kappa shape index (κ3) is 4.42. The lowest BCUT2D eigenvalue weighted by Gasteiger charge is -2.17. The maximum atomic E-state index is 12.9. The van der Waals surface area contributed by atoms with E-state index in [1.165, 1.54) is 6.07 Å². The Balaban J connectivity index is 2.13. The van der Waals surface area contributed by atoms with Crippen LogP contribution in [0.3, 0.4) is 0 Å². The van der Waals surface area contributed by atoms with E-state index < -0.39 is 26.7 Å². The van der Waals surface area contributed by atoms with E-state index in [0.717, 1.165) is 18.2 Å². The van der Waals surface area contributed by atoms with Crippen molar-refractivity contribution in [2.75, 3.05) is 32.8 Å².